The van der Waals surface area contributed by atoms with E-state index in [1.807, 2.05) is 0 Å². The third kappa shape index (κ3) is 4.60. The average molecular weight is 614 g/mol. The van der Waals surface area contributed by atoms with Crippen LogP contribution in [0.4, 0.5) is 65.9 Å². The monoisotopic (exact) mass is 614 g/mol. The summed E-state index contributed by atoms with van der Waals surface area (Å²) in [7, 11) is 0. The third-order valence-corrected chi connectivity index (χ3v) is 5.05. The zero-order valence-corrected chi connectivity index (χ0v) is 17.1. The van der Waals surface area contributed by atoms with Gasteiger partial charge in [0.1, 0.15) is 0 Å². The Hall–Kier alpha value is -1.10. The van der Waals surface area contributed by atoms with Crippen molar-refractivity contribution in [3.63, 3.8) is 0 Å². The van der Waals surface area contributed by atoms with Crippen LogP contribution in [0.1, 0.15) is 12.0 Å². The summed E-state index contributed by atoms with van der Waals surface area (Å²) in [6.45, 7) is 0. The van der Waals surface area contributed by atoms with E-state index in [2.05, 4.69) is 0 Å². The van der Waals surface area contributed by atoms with E-state index in [0.717, 1.165) is 22.6 Å². The van der Waals surface area contributed by atoms with E-state index in [4.69, 9.17) is 0 Å². The normalized spacial score (nSPS) is 16.2. The molecule has 0 amide bonds. The minimum Gasteiger partial charge on any atom is -0.200 e. The Morgan fingerprint density at radius 1 is 0.562 bits per heavy atom. The first-order valence-corrected chi connectivity index (χ1v) is 9.23. The largest absolute Gasteiger partial charge is 0.460 e. The highest BCUT2D eigenvalue weighted by molar-refractivity contribution is 14.1. The molecular weight excluding hydrogens is 604 g/mol. The molecule has 0 aliphatic carbocycles. The maximum atomic E-state index is 13.9. The zero-order chi connectivity index (χ0) is 25.6. The van der Waals surface area contributed by atoms with Crippen LogP contribution >= 0.6 is 22.6 Å². The summed E-state index contributed by atoms with van der Waals surface area (Å²) in [4.78, 5) is 0. The SMILES string of the molecule is FC(F)(F)C(F)(F)C(F)(F)C(F)(F)C(F)(F)C(F)(F)C(F)(F)CC(I)Cc1ccccc1. The Bertz CT molecular complexity index is 769. The Morgan fingerprint density at radius 3 is 1.34 bits per heavy atom. The van der Waals surface area contributed by atoms with Gasteiger partial charge in [-0.15, -0.1) is 0 Å². The lowest BCUT2D eigenvalue weighted by atomic mass is 9.89. The molecule has 0 saturated heterocycles. The van der Waals surface area contributed by atoms with E-state index in [1.165, 1.54) is 30.3 Å². The van der Waals surface area contributed by atoms with Gasteiger partial charge in [0.05, 0.1) is 0 Å². The van der Waals surface area contributed by atoms with Crippen molar-refractivity contribution in [1.29, 1.82) is 0 Å². The molecule has 1 atom stereocenters. The van der Waals surface area contributed by atoms with Crippen LogP contribution in [0.25, 0.3) is 0 Å². The summed E-state index contributed by atoms with van der Waals surface area (Å²) in [6, 6.07) is 6.75. The smallest absolute Gasteiger partial charge is 0.200 e. The van der Waals surface area contributed by atoms with Gasteiger partial charge in [0.2, 0.25) is 0 Å². The molecule has 0 fully saturated rings. The van der Waals surface area contributed by atoms with Crippen molar-refractivity contribution in [3.05, 3.63) is 35.9 Å². The summed E-state index contributed by atoms with van der Waals surface area (Å²) in [5.41, 5.74) is 0.194. The van der Waals surface area contributed by atoms with Crippen LogP contribution in [-0.4, -0.2) is 45.6 Å². The van der Waals surface area contributed by atoms with Gasteiger partial charge in [-0.3, -0.25) is 0 Å². The van der Waals surface area contributed by atoms with Crippen LogP contribution in [0.15, 0.2) is 30.3 Å². The quantitative estimate of drug-likeness (QED) is 0.151. The number of benzene rings is 1. The van der Waals surface area contributed by atoms with Gasteiger partial charge >= 0.3 is 41.7 Å². The van der Waals surface area contributed by atoms with Crippen molar-refractivity contribution in [1.82, 2.24) is 0 Å². The van der Waals surface area contributed by atoms with E-state index in [1.54, 1.807) is 0 Å². The van der Waals surface area contributed by atoms with Gasteiger partial charge < -0.3 is 0 Å². The molecule has 0 N–H and O–H groups in total. The third-order valence-electron chi connectivity index (χ3n) is 4.17. The molecule has 0 bridgehead atoms. The number of hydrogen-bond donors (Lipinski definition) is 0. The highest BCUT2D eigenvalue weighted by Crippen LogP contribution is 2.62. The predicted octanol–water partition coefficient (Wildman–Crippen LogP) is 7.80. The lowest BCUT2D eigenvalue weighted by molar-refractivity contribution is -0.452. The van der Waals surface area contributed by atoms with Crippen LogP contribution in [-0.2, 0) is 6.42 Å². The van der Waals surface area contributed by atoms with Gasteiger partial charge in [0.25, 0.3) is 0 Å². The van der Waals surface area contributed by atoms with Crippen LogP contribution in [0, 0.1) is 0 Å². The molecule has 1 unspecified atom stereocenters. The summed E-state index contributed by atoms with van der Waals surface area (Å²) < 4.78 is 195. The predicted molar refractivity (Wildman–Crippen MR) is 88.3 cm³/mol. The molecule has 1 aromatic carbocycles. The Kier molecular flexibility index (Phi) is 7.77. The standard InChI is InChI=1S/C16H10F15I/c17-10(18,7-9(32)6-8-4-2-1-3-5-8)11(19,20)12(21,22)13(23,24)14(25,26)15(27,28)16(29,30)31/h1-5,9H,6-7H2. The molecular formula is C16H10F15I. The highest BCUT2D eigenvalue weighted by Gasteiger charge is 2.93. The van der Waals surface area contributed by atoms with Gasteiger partial charge in [-0.05, 0) is 12.0 Å². The van der Waals surface area contributed by atoms with Crippen LogP contribution in [0.2, 0.25) is 0 Å². The molecule has 0 radical (unpaired) electrons. The van der Waals surface area contributed by atoms with E-state index in [9.17, 15) is 65.9 Å². The molecule has 16 heteroatoms. The number of rotatable bonds is 9. The highest BCUT2D eigenvalue weighted by atomic mass is 127. The molecule has 1 aromatic rings. The van der Waals surface area contributed by atoms with Gasteiger partial charge in [-0.2, -0.15) is 65.9 Å². The van der Waals surface area contributed by atoms with Gasteiger partial charge in [-0.25, -0.2) is 0 Å². The van der Waals surface area contributed by atoms with Crippen molar-refractivity contribution in [2.24, 2.45) is 0 Å². The summed E-state index contributed by atoms with van der Waals surface area (Å²) in [5, 5.41) is 0. The fourth-order valence-corrected chi connectivity index (χ4v) is 3.41. The first-order valence-electron chi connectivity index (χ1n) is 7.99. The summed E-state index contributed by atoms with van der Waals surface area (Å²) in [6.07, 6.45) is -10.4. The van der Waals surface area contributed by atoms with Gasteiger partial charge in [-0.1, -0.05) is 52.9 Å². The van der Waals surface area contributed by atoms with Crippen LogP contribution in [0.5, 0.6) is 0 Å². The lowest BCUT2D eigenvalue weighted by Crippen LogP contribution is -2.72. The van der Waals surface area contributed by atoms with Crippen LogP contribution < -0.4 is 0 Å². The Morgan fingerprint density at radius 2 is 0.938 bits per heavy atom. The first-order chi connectivity index (χ1) is 14.0. The van der Waals surface area contributed by atoms with Crippen molar-refractivity contribution in [2.75, 3.05) is 0 Å². The lowest BCUT2D eigenvalue weighted by Gasteiger charge is -2.41. The second-order valence-corrected chi connectivity index (χ2v) is 8.33. The molecule has 186 valence electrons. The number of hydrogen-bond acceptors (Lipinski definition) is 0. The minimum absolute atomic E-state index is 0.194. The second-order valence-electron chi connectivity index (χ2n) is 6.57. The van der Waals surface area contributed by atoms with Gasteiger partial charge in [0.15, 0.2) is 0 Å². The summed E-state index contributed by atoms with van der Waals surface area (Å²) >= 11 is 1.04. The molecule has 0 aliphatic heterocycles. The second kappa shape index (κ2) is 8.60. The Labute approximate surface area is 183 Å². The molecule has 0 aromatic heterocycles. The molecule has 0 aliphatic rings. The average Bonchev–Trinajstić information content (AvgIpc) is 2.60. The molecule has 1 rings (SSSR count). The number of alkyl halides is 16. The van der Waals surface area contributed by atoms with Gasteiger partial charge in [0, 0.05) is 10.3 Å². The van der Waals surface area contributed by atoms with Crippen molar-refractivity contribution in [2.45, 2.75) is 58.5 Å². The molecule has 0 saturated carbocycles. The molecule has 0 nitrogen and oxygen atoms in total. The van der Waals surface area contributed by atoms with E-state index >= 15 is 0 Å². The van der Waals surface area contributed by atoms with E-state index in [0.29, 0.717) is 0 Å². The molecule has 32 heavy (non-hydrogen) atoms. The fourth-order valence-electron chi connectivity index (χ4n) is 2.35. The number of halogens is 16. The van der Waals surface area contributed by atoms with Crippen molar-refractivity contribution < 1.29 is 65.9 Å². The fraction of sp³-hybridized carbons (Fsp3) is 0.625. The molecule has 0 spiro atoms. The molecule has 0 heterocycles. The summed E-state index contributed by atoms with van der Waals surface area (Å²) in [5.74, 6) is -46.1. The zero-order valence-electron chi connectivity index (χ0n) is 14.9. The van der Waals surface area contributed by atoms with Crippen LogP contribution in [0.3, 0.4) is 0 Å². The van der Waals surface area contributed by atoms with Crippen molar-refractivity contribution >= 4 is 22.6 Å². The van der Waals surface area contributed by atoms with E-state index < -0.39 is 58.5 Å². The maximum absolute atomic E-state index is 13.9. The topological polar surface area (TPSA) is 0 Å². The van der Waals surface area contributed by atoms with Crippen molar-refractivity contribution in [3.8, 4) is 0 Å². The minimum atomic E-state index is -8.24. The van der Waals surface area contributed by atoms with E-state index in [-0.39, 0.29) is 5.56 Å². The maximum Gasteiger partial charge on any atom is 0.460 e. The Balaban J connectivity index is 3.33. The first kappa shape index (κ1) is 28.9.